The van der Waals surface area contributed by atoms with Gasteiger partial charge in [-0.25, -0.2) is 4.79 Å². The molecule has 0 fully saturated rings. The molecule has 0 N–H and O–H groups in total. The topological polar surface area (TPSA) is 40.5 Å². The van der Waals surface area contributed by atoms with Crippen LogP contribution in [0.3, 0.4) is 0 Å². The summed E-state index contributed by atoms with van der Waals surface area (Å²) in [6.07, 6.45) is 1.97. The molecule has 18 heavy (non-hydrogen) atoms. The number of ether oxygens (including phenoxy) is 2. The van der Waals surface area contributed by atoms with Crippen LogP contribution in [0.4, 0.5) is 0 Å². The van der Waals surface area contributed by atoms with Crippen molar-refractivity contribution < 1.29 is 14.3 Å². The maximum absolute atomic E-state index is 11.8. The van der Waals surface area contributed by atoms with Crippen LogP contribution in [0.15, 0.2) is 24.4 Å². The number of benzene rings is 1. The van der Waals surface area contributed by atoms with E-state index < -0.39 is 0 Å². The highest BCUT2D eigenvalue weighted by Gasteiger charge is 2.15. The smallest absolute Gasteiger partial charge is 0.338 e. The highest BCUT2D eigenvalue weighted by atomic mass is 16.5. The first kappa shape index (κ1) is 12.5. The van der Waals surface area contributed by atoms with Crippen molar-refractivity contribution in [2.24, 2.45) is 0 Å². The number of hydrogen-bond donors (Lipinski definition) is 0. The van der Waals surface area contributed by atoms with E-state index in [4.69, 9.17) is 9.47 Å². The van der Waals surface area contributed by atoms with Gasteiger partial charge in [-0.15, -0.1) is 0 Å². The zero-order valence-electron chi connectivity index (χ0n) is 11.1. The molecule has 0 saturated carbocycles. The van der Waals surface area contributed by atoms with Crippen LogP contribution in [-0.2, 0) is 4.74 Å². The number of fused-ring (bicyclic) bond motifs is 1. The number of rotatable bonds is 3. The third-order valence-electron chi connectivity index (χ3n) is 3.01. The Labute approximate surface area is 106 Å². The van der Waals surface area contributed by atoms with E-state index in [2.05, 4.69) is 18.4 Å². The van der Waals surface area contributed by atoms with Crippen molar-refractivity contribution in [2.45, 2.75) is 19.9 Å². The molecule has 0 aliphatic heterocycles. The third-order valence-corrected chi connectivity index (χ3v) is 3.01. The number of carbonyl (C=O) groups excluding carboxylic acids is 1. The summed E-state index contributed by atoms with van der Waals surface area (Å²) < 4.78 is 12.2. The van der Waals surface area contributed by atoms with Crippen molar-refractivity contribution in [3.05, 3.63) is 30.0 Å². The number of carbonyl (C=O) groups is 1. The van der Waals surface area contributed by atoms with E-state index in [1.807, 2.05) is 18.3 Å². The fraction of sp³-hybridized carbons (Fsp3) is 0.357. The first-order valence-corrected chi connectivity index (χ1v) is 5.85. The van der Waals surface area contributed by atoms with Crippen molar-refractivity contribution in [3.63, 3.8) is 0 Å². The second kappa shape index (κ2) is 4.72. The van der Waals surface area contributed by atoms with Gasteiger partial charge in [-0.2, -0.15) is 0 Å². The van der Waals surface area contributed by atoms with Crippen LogP contribution in [0.2, 0.25) is 0 Å². The minimum Gasteiger partial charge on any atom is -0.497 e. The lowest BCUT2D eigenvalue weighted by Crippen LogP contribution is -2.04. The van der Waals surface area contributed by atoms with Crippen molar-refractivity contribution in [1.29, 1.82) is 0 Å². The lowest BCUT2D eigenvalue weighted by Gasteiger charge is -2.11. The Hall–Kier alpha value is -1.97. The predicted octanol–water partition coefficient (Wildman–Crippen LogP) is 3.02. The molecule has 0 amide bonds. The van der Waals surface area contributed by atoms with Gasteiger partial charge in [-0.05, 0) is 26.0 Å². The van der Waals surface area contributed by atoms with Gasteiger partial charge in [0.2, 0.25) is 0 Å². The Bertz CT molecular complexity index is 584. The van der Waals surface area contributed by atoms with Crippen molar-refractivity contribution in [3.8, 4) is 5.75 Å². The normalized spacial score (nSPS) is 10.9. The van der Waals surface area contributed by atoms with Gasteiger partial charge < -0.3 is 14.0 Å². The molecule has 96 valence electrons. The molecule has 1 heterocycles. The molecule has 4 heteroatoms. The number of nitrogens with zero attached hydrogens (tertiary/aromatic N) is 1. The maximum atomic E-state index is 11.8. The number of esters is 1. The molecule has 1 aromatic carbocycles. The van der Waals surface area contributed by atoms with E-state index in [9.17, 15) is 4.79 Å². The van der Waals surface area contributed by atoms with E-state index in [0.29, 0.717) is 17.4 Å². The van der Waals surface area contributed by atoms with Gasteiger partial charge in [0, 0.05) is 23.7 Å². The molecular weight excluding hydrogens is 230 g/mol. The van der Waals surface area contributed by atoms with Gasteiger partial charge in [0.1, 0.15) is 5.75 Å². The van der Waals surface area contributed by atoms with Crippen molar-refractivity contribution in [2.75, 3.05) is 14.2 Å². The second-order valence-electron chi connectivity index (χ2n) is 4.42. The van der Waals surface area contributed by atoms with E-state index in [1.165, 1.54) is 7.11 Å². The first-order chi connectivity index (χ1) is 8.58. The van der Waals surface area contributed by atoms with Gasteiger partial charge >= 0.3 is 5.97 Å². The van der Waals surface area contributed by atoms with Gasteiger partial charge in [0.25, 0.3) is 0 Å². The fourth-order valence-electron chi connectivity index (χ4n) is 2.08. The van der Waals surface area contributed by atoms with Gasteiger partial charge in [0.15, 0.2) is 0 Å². The van der Waals surface area contributed by atoms with Crippen molar-refractivity contribution in [1.82, 2.24) is 4.57 Å². The molecule has 2 rings (SSSR count). The number of hydrogen-bond acceptors (Lipinski definition) is 3. The minimum absolute atomic E-state index is 0.320. The van der Waals surface area contributed by atoms with Crippen LogP contribution in [0.25, 0.3) is 10.9 Å². The number of aromatic nitrogens is 1. The van der Waals surface area contributed by atoms with Crippen LogP contribution in [-0.4, -0.2) is 24.8 Å². The van der Waals surface area contributed by atoms with Crippen LogP contribution in [0.5, 0.6) is 5.75 Å². The Morgan fingerprint density at radius 3 is 2.56 bits per heavy atom. The van der Waals surface area contributed by atoms with Crippen molar-refractivity contribution >= 4 is 16.9 Å². The standard InChI is InChI=1S/C14H17NO3/c1-9(2)15-6-5-11-12(14(16)18-4)7-10(17-3)8-13(11)15/h5-9H,1-4H3. The van der Waals surface area contributed by atoms with Gasteiger partial charge in [0.05, 0.1) is 25.3 Å². The molecule has 0 radical (unpaired) electrons. The Kier molecular flexibility index (Phi) is 3.28. The first-order valence-electron chi connectivity index (χ1n) is 5.85. The van der Waals surface area contributed by atoms with Crippen LogP contribution < -0.4 is 4.74 Å². The molecule has 4 nitrogen and oxygen atoms in total. The summed E-state index contributed by atoms with van der Waals surface area (Å²) >= 11 is 0. The highest BCUT2D eigenvalue weighted by molar-refractivity contribution is 6.04. The molecular formula is C14H17NO3. The van der Waals surface area contributed by atoms with Crippen LogP contribution >= 0.6 is 0 Å². The Balaban J connectivity index is 2.74. The fourth-order valence-corrected chi connectivity index (χ4v) is 2.08. The van der Waals surface area contributed by atoms with Crippen LogP contribution in [0.1, 0.15) is 30.2 Å². The molecule has 0 unspecified atom stereocenters. The Morgan fingerprint density at radius 1 is 1.28 bits per heavy atom. The van der Waals surface area contributed by atoms with E-state index >= 15 is 0 Å². The monoisotopic (exact) mass is 247 g/mol. The summed E-state index contributed by atoms with van der Waals surface area (Å²) in [4.78, 5) is 11.8. The largest absolute Gasteiger partial charge is 0.497 e. The average Bonchev–Trinajstić information content (AvgIpc) is 2.80. The minimum atomic E-state index is -0.347. The van der Waals surface area contributed by atoms with Gasteiger partial charge in [-0.3, -0.25) is 0 Å². The average molecular weight is 247 g/mol. The summed E-state index contributed by atoms with van der Waals surface area (Å²) in [6, 6.07) is 5.89. The number of methoxy groups -OCH3 is 2. The zero-order chi connectivity index (χ0) is 13.3. The summed E-state index contributed by atoms with van der Waals surface area (Å²) in [5.41, 5.74) is 1.51. The zero-order valence-corrected chi connectivity index (χ0v) is 11.1. The molecule has 0 bridgehead atoms. The molecule has 2 aromatic rings. The lowest BCUT2D eigenvalue weighted by molar-refractivity contribution is 0.0602. The molecule has 0 aliphatic carbocycles. The summed E-state index contributed by atoms with van der Waals surface area (Å²) in [7, 11) is 2.97. The summed E-state index contributed by atoms with van der Waals surface area (Å²) in [5.74, 6) is 0.309. The quantitative estimate of drug-likeness (QED) is 0.783. The van der Waals surface area contributed by atoms with E-state index in [1.54, 1.807) is 13.2 Å². The predicted molar refractivity (Wildman–Crippen MR) is 70.2 cm³/mol. The maximum Gasteiger partial charge on any atom is 0.338 e. The molecule has 0 aliphatic rings. The molecule has 0 atom stereocenters. The third kappa shape index (κ3) is 1.94. The lowest BCUT2D eigenvalue weighted by atomic mass is 10.1. The molecule has 0 spiro atoms. The summed E-state index contributed by atoms with van der Waals surface area (Å²) in [6.45, 7) is 4.19. The highest BCUT2D eigenvalue weighted by Crippen LogP contribution is 2.28. The van der Waals surface area contributed by atoms with Crippen LogP contribution in [0, 0.1) is 0 Å². The second-order valence-corrected chi connectivity index (χ2v) is 4.42. The SMILES string of the molecule is COC(=O)c1cc(OC)cc2c1ccn2C(C)C. The van der Waals surface area contributed by atoms with E-state index in [0.717, 1.165) is 10.9 Å². The van der Waals surface area contributed by atoms with Gasteiger partial charge in [-0.1, -0.05) is 0 Å². The molecule has 0 saturated heterocycles. The Morgan fingerprint density at radius 2 is 2.00 bits per heavy atom. The van der Waals surface area contributed by atoms with E-state index in [-0.39, 0.29) is 5.97 Å². The summed E-state index contributed by atoms with van der Waals surface area (Å²) in [5, 5.41) is 0.886. The molecule has 1 aromatic heterocycles.